The van der Waals surface area contributed by atoms with E-state index in [2.05, 4.69) is 20.7 Å². The maximum absolute atomic E-state index is 9.06. The standard InChI is InChI=1S/C11H17N5O2S/c1-18-6-7(2-4-17)13-9-8-3-5-19-10(8)15-11(14-9)16-12/h3,5,7,17H,2,4,6,12H2,1H3,(H2,13,14,15,16). The van der Waals surface area contributed by atoms with E-state index in [0.717, 1.165) is 10.2 Å². The molecule has 0 aliphatic rings. The number of ether oxygens (including phenoxy) is 1. The molecule has 0 fully saturated rings. The lowest BCUT2D eigenvalue weighted by Gasteiger charge is -2.18. The van der Waals surface area contributed by atoms with Crippen molar-refractivity contribution in [2.24, 2.45) is 5.84 Å². The Morgan fingerprint density at radius 2 is 2.37 bits per heavy atom. The molecule has 0 aliphatic carbocycles. The van der Waals surface area contributed by atoms with Crippen LogP contribution in [-0.4, -0.2) is 41.4 Å². The minimum atomic E-state index is -0.0152. The second kappa shape index (κ2) is 6.62. The zero-order valence-corrected chi connectivity index (χ0v) is 11.4. The number of anilines is 2. The van der Waals surface area contributed by atoms with Crippen molar-refractivity contribution in [1.82, 2.24) is 9.97 Å². The first-order valence-corrected chi connectivity index (χ1v) is 6.74. The highest BCUT2D eigenvalue weighted by Gasteiger charge is 2.13. The van der Waals surface area contributed by atoms with Crippen LogP contribution in [0.5, 0.6) is 0 Å². The molecule has 0 bridgehead atoms. The molecule has 1 atom stereocenters. The van der Waals surface area contributed by atoms with E-state index in [4.69, 9.17) is 15.7 Å². The topological polar surface area (TPSA) is 105 Å². The highest BCUT2D eigenvalue weighted by atomic mass is 32.1. The SMILES string of the molecule is COCC(CCO)Nc1nc(NN)nc2sccc12. The third kappa shape index (κ3) is 3.29. The molecule has 7 nitrogen and oxygen atoms in total. The summed E-state index contributed by atoms with van der Waals surface area (Å²) < 4.78 is 5.12. The molecule has 1 unspecified atom stereocenters. The monoisotopic (exact) mass is 283 g/mol. The molecule has 0 spiro atoms. The number of aromatic nitrogens is 2. The van der Waals surface area contributed by atoms with Gasteiger partial charge in [0.05, 0.1) is 18.0 Å². The van der Waals surface area contributed by atoms with Gasteiger partial charge in [0, 0.05) is 13.7 Å². The number of nitrogen functional groups attached to an aromatic ring is 1. The Kier molecular flexibility index (Phi) is 4.86. The van der Waals surface area contributed by atoms with Gasteiger partial charge in [-0.15, -0.1) is 11.3 Å². The highest BCUT2D eigenvalue weighted by Crippen LogP contribution is 2.26. The van der Waals surface area contributed by atoms with Gasteiger partial charge in [0.2, 0.25) is 5.95 Å². The number of aliphatic hydroxyl groups is 1. The van der Waals surface area contributed by atoms with Crippen molar-refractivity contribution in [1.29, 1.82) is 0 Å². The average molecular weight is 283 g/mol. The Hall–Kier alpha value is -1.48. The third-order valence-corrected chi connectivity index (χ3v) is 3.45. The summed E-state index contributed by atoms with van der Waals surface area (Å²) in [4.78, 5) is 9.42. The molecule has 0 radical (unpaired) electrons. The second-order valence-electron chi connectivity index (χ2n) is 3.99. The van der Waals surface area contributed by atoms with Crippen LogP contribution in [0.2, 0.25) is 0 Å². The van der Waals surface area contributed by atoms with Gasteiger partial charge < -0.3 is 15.2 Å². The van der Waals surface area contributed by atoms with Crippen molar-refractivity contribution < 1.29 is 9.84 Å². The van der Waals surface area contributed by atoms with Gasteiger partial charge in [-0.05, 0) is 17.9 Å². The smallest absolute Gasteiger partial charge is 0.240 e. The van der Waals surface area contributed by atoms with Gasteiger partial charge in [-0.25, -0.2) is 10.8 Å². The number of aliphatic hydroxyl groups excluding tert-OH is 1. The summed E-state index contributed by atoms with van der Waals surface area (Å²) in [5, 5.41) is 15.2. The Morgan fingerprint density at radius 3 is 3.05 bits per heavy atom. The fourth-order valence-electron chi connectivity index (χ4n) is 1.78. The van der Waals surface area contributed by atoms with Crippen LogP contribution >= 0.6 is 11.3 Å². The van der Waals surface area contributed by atoms with E-state index in [9.17, 15) is 0 Å². The fourth-order valence-corrected chi connectivity index (χ4v) is 2.54. The van der Waals surface area contributed by atoms with Gasteiger partial charge in [0.25, 0.3) is 0 Å². The predicted octanol–water partition coefficient (Wildman–Crippen LogP) is 0.786. The van der Waals surface area contributed by atoms with E-state index in [1.165, 1.54) is 11.3 Å². The molecule has 5 N–H and O–H groups in total. The average Bonchev–Trinajstić information content (AvgIpc) is 2.87. The van der Waals surface area contributed by atoms with Crippen LogP contribution in [0.3, 0.4) is 0 Å². The van der Waals surface area contributed by atoms with E-state index in [0.29, 0.717) is 24.8 Å². The van der Waals surface area contributed by atoms with Crippen LogP contribution in [-0.2, 0) is 4.74 Å². The molecule has 19 heavy (non-hydrogen) atoms. The van der Waals surface area contributed by atoms with Crippen LogP contribution < -0.4 is 16.6 Å². The molecule has 104 valence electrons. The van der Waals surface area contributed by atoms with Crippen LogP contribution in [0, 0.1) is 0 Å². The zero-order chi connectivity index (χ0) is 13.7. The molecule has 2 heterocycles. The van der Waals surface area contributed by atoms with Gasteiger partial charge in [0.1, 0.15) is 10.6 Å². The summed E-state index contributed by atoms with van der Waals surface area (Å²) >= 11 is 1.52. The number of nitrogens with two attached hydrogens (primary N) is 1. The van der Waals surface area contributed by atoms with Crippen LogP contribution in [0.25, 0.3) is 10.2 Å². The molecule has 0 aliphatic heterocycles. The molecular formula is C11H17N5O2S. The van der Waals surface area contributed by atoms with Crippen molar-refractivity contribution in [2.75, 3.05) is 31.1 Å². The van der Waals surface area contributed by atoms with E-state index < -0.39 is 0 Å². The molecule has 2 aromatic rings. The van der Waals surface area contributed by atoms with Crippen molar-refractivity contribution in [2.45, 2.75) is 12.5 Å². The molecule has 8 heteroatoms. The van der Waals surface area contributed by atoms with Crippen molar-refractivity contribution in [3.8, 4) is 0 Å². The summed E-state index contributed by atoms with van der Waals surface area (Å²) in [6, 6.07) is 1.93. The number of methoxy groups -OCH3 is 1. The number of hydrogen-bond donors (Lipinski definition) is 4. The molecule has 2 rings (SSSR count). The van der Waals surface area contributed by atoms with Crippen molar-refractivity contribution in [3.63, 3.8) is 0 Å². The molecule has 0 aromatic carbocycles. The minimum absolute atomic E-state index is 0.0152. The Labute approximate surface area is 114 Å². The minimum Gasteiger partial charge on any atom is -0.396 e. The molecule has 0 saturated carbocycles. The second-order valence-corrected chi connectivity index (χ2v) is 4.88. The van der Waals surface area contributed by atoms with Crippen LogP contribution in [0.4, 0.5) is 11.8 Å². The van der Waals surface area contributed by atoms with Gasteiger partial charge in [-0.2, -0.15) is 4.98 Å². The lowest BCUT2D eigenvalue weighted by atomic mass is 10.2. The largest absolute Gasteiger partial charge is 0.396 e. The maximum atomic E-state index is 9.06. The van der Waals surface area contributed by atoms with E-state index in [1.54, 1.807) is 7.11 Å². The highest BCUT2D eigenvalue weighted by molar-refractivity contribution is 7.16. The first-order chi connectivity index (χ1) is 9.28. The van der Waals surface area contributed by atoms with Crippen molar-refractivity contribution in [3.05, 3.63) is 11.4 Å². The summed E-state index contributed by atoms with van der Waals surface area (Å²) in [5.74, 6) is 6.41. The summed E-state index contributed by atoms with van der Waals surface area (Å²) in [5.41, 5.74) is 2.45. The lowest BCUT2D eigenvalue weighted by molar-refractivity contribution is 0.170. The predicted molar refractivity (Wildman–Crippen MR) is 76.2 cm³/mol. The number of fused-ring (bicyclic) bond motifs is 1. The van der Waals surface area contributed by atoms with Gasteiger partial charge >= 0.3 is 0 Å². The van der Waals surface area contributed by atoms with E-state index in [1.807, 2.05) is 11.4 Å². The van der Waals surface area contributed by atoms with Crippen LogP contribution in [0.1, 0.15) is 6.42 Å². The number of nitrogens with one attached hydrogen (secondary N) is 2. The van der Waals surface area contributed by atoms with E-state index >= 15 is 0 Å². The van der Waals surface area contributed by atoms with Crippen molar-refractivity contribution >= 4 is 33.3 Å². The number of hydrogen-bond acceptors (Lipinski definition) is 8. The number of hydrazine groups is 1. The summed E-state index contributed by atoms with van der Waals surface area (Å²) in [6.45, 7) is 0.572. The zero-order valence-electron chi connectivity index (χ0n) is 10.6. The van der Waals surface area contributed by atoms with Gasteiger partial charge in [-0.3, -0.25) is 5.43 Å². The molecular weight excluding hydrogens is 266 g/mol. The number of rotatable bonds is 7. The fraction of sp³-hybridized carbons (Fsp3) is 0.455. The Morgan fingerprint density at radius 1 is 1.53 bits per heavy atom. The quantitative estimate of drug-likeness (QED) is 0.439. The van der Waals surface area contributed by atoms with Gasteiger partial charge in [0.15, 0.2) is 0 Å². The molecule has 0 saturated heterocycles. The molecule has 2 aromatic heterocycles. The third-order valence-electron chi connectivity index (χ3n) is 2.64. The first kappa shape index (κ1) is 13.9. The number of thiophene rings is 1. The Balaban J connectivity index is 2.28. The molecule has 0 amide bonds. The first-order valence-electron chi connectivity index (χ1n) is 5.86. The van der Waals surface area contributed by atoms with Crippen LogP contribution in [0.15, 0.2) is 11.4 Å². The normalized spacial score (nSPS) is 12.6. The summed E-state index contributed by atoms with van der Waals surface area (Å²) in [6.07, 6.45) is 0.578. The number of nitrogens with zero attached hydrogens (tertiary/aromatic N) is 2. The van der Waals surface area contributed by atoms with Gasteiger partial charge in [-0.1, -0.05) is 0 Å². The lowest BCUT2D eigenvalue weighted by Crippen LogP contribution is -2.27. The Bertz CT molecular complexity index is 527. The maximum Gasteiger partial charge on any atom is 0.240 e. The van der Waals surface area contributed by atoms with E-state index in [-0.39, 0.29) is 12.6 Å². The summed E-state index contributed by atoms with van der Waals surface area (Å²) in [7, 11) is 1.62.